The largest absolute Gasteiger partial charge is 0.461 e. The van der Waals surface area contributed by atoms with Crippen molar-refractivity contribution in [1.29, 1.82) is 0 Å². The number of fused-ring (bicyclic) bond motifs is 2. The highest BCUT2D eigenvalue weighted by molar-refractivity contribution is 5.91. The molecular formula is C13H18N2O3. The van der Waals surface area contributed by atoms with Gasteiger partial charge in [0, 0.05) is 5.92 Å². The number of hydrogen-bond donors (Lipinski definition) is 1. The Morgan fingerprint density at radius 3 is 2.94 bits per heavy atom. The zero-order valence-electron chi connectivity index (χ0n) is 10.5. The highest BCUT2D eigenvalue weighted by atomic mass is 16.5. The summed E-state index contributed by atoms with van der Waals surface area (Å²) in [6, 6.07) is 0. The maximum absolute atomic E-state index is 11.6. The summed E-state index contributed by atoms with van der Waals surface area (Å²) in [5.74, 6) is 2.03. The zero-order chi connectivity index (χ0) is 12.7. The van der Waals surface area contributed by atoms with E-state index in [2.05, 4.69) is 4.98 Å². The van der Waals surface area contributed by atoms with Crippen molar-refractivity contribution in [2.24, 2.45) is 11.8 Å². The minimum absolute atomic E-state index is 0.0891. The molecule has 2 fully saturated rings. The first-order valence-electron chi connectivity index (χ1n) is 6.62. The van der Waals surface area contributed by atoms with E-state index in [9.17, 15) is 4.79 Å². The number of nitrogens with zero attached hydrogens (tertiary/aromatic N) is 1. The summed E-state index contributed by atoms with van der Waals surface area (Å²) in [7, 11) is 0. The number of carbonyl (C=O) groups excluding carboxylic acids is 1. The van der Waals surface area contributed by atoms with Crippen LogP contribution in [0, 0.1) is 11.8 Å². The van der Waals surface area contributed by atoms with Gasteiger partial charge in [-0.15, -0.1) is 0 Å². The summed E-state index contributed by atoms with van der Waals surface area (Å²) in [5, 5.41) is 0. The van der Waals surface area contributed by atoms with E-state index in [1.807, 2.05) is 0 Å². The molecule has 5 nitrogen and oxygen atoms in total. The van der Waals surface area contributed by atoms with E-state index in [0.29, 0.717) is 24.3 Å². The van der Waals surface area contributed by atoms with Gasteiger partial charge in [-0.05, 0) is 38.0 Å². The van der Waals surface area contributed by atoms with Crippen molar-refractivity contribution in [3.63, 3.8) is 0 Å². The Labute approximate surface area is 106 Å². The van der Waals surface area contributed by atoms with Gasteiger partial charge in [-0.25, -0.2) is 9.78 Å². The molecule has 0 saturated heterocycles. The molecule has 3 rings (SSSR count). The van der Waals surface area contributed by atoms with Crippen molar-refractivity contribution in [1.82, 2.24) is 4.98 Å². The van der Waals surface area contributed by atoms with Gasteiger partial charge in [0.1, 0.15) is 0 Å². The minimum Gasteiger partial charge on any atom is -0.461 e. The molecule has 2 aliphatic rings. The molecular weight excluding hydrogens is 232 g/mol. The van der Waals surface area contributed by atoms with Gasteiger partial charge in [0.05, 0.1) is 6.61 Å². The van der Waals surface area contributed by atoms with Crippen molar-refractivity contribution >= 4 is 11.9 Å². The number of oxazole rings is 1. The van der Waals surface area contributed by atoms with Gasteiger partial charge in [0.25, 0.3) is 0 Å². The number of carbonyl (C=O) groups is 1. The second kappa shape index (κ2) is 4.30. The van der Waals surface area contributed by atoms with E-state index in [1.54, 1.807) is 6.92 Å². The van der Waals surface area contributed by atoms with Gasteiger partial charge in [-0.2, -0.15) is 0 Å². The van der Waals surface area contributed by atoms with Crippen LogP contribution < -0.4 is 5.73 Å². The lowest BCUT2D eigenvalue weighted by atomic mass is 9.89. The van der Waals surface area contributed by atoms with Crippen LogP contribution in [0.3, 0.4) is 0 Å². The van der Waals surface area contributed by atoms with Gasteiger partial charge in [0.15, 0.2) is 0 Å². The smallest absolute Gasteiger partial charge is 0.362 e. The van der Waals surface area contributed by atoms with E-state index in [1.165, 1.54) is 19.3 Å². The van der Waals surface area contributed by atoms with Crippen molar-refractivity contribution in [3.05, 3.63) is 11.6 Å². The first-order valence-corrected chi connectivity index (χ1v) is 6.62. The van der Waals surface area contributed by atoms with E-state index in [0.717, 1.165) is 12.3 Å². The molecule has 98 valence electrons. The molecule has 0 amide bonds. The maximum Gasteiger partial charge on any atom is 0.362 e. The van der Waals surface area contributed by atoms with E-state index < -0.39 is 5.97 Å². The summed E-state index contributed by atoms with van der Waals surface area (Å²) in [4.78, 5) is 15.9. The highest BCUT2D eigenvalue weighted by Crippen LogP contribution is 2.52. The molecule has 18 heavy (non-hydrogen) atoms. The lowest BCUT2D eigenvalue weighted by Gasteiger charge is -2.17. The summed E-state index contributed by atoms with van der Waals surface area (Å²) in [5.41, 5.74) is 5.84. The number of aromatic nitrogens is 1. The molecule has 0 aliphatic heterocycles. The van der Waals surface area contributed by atoms with Crippen LogP contribution in [0.1, 0.15) is 54.9 Å². The molecule has 0 aromatic carbocycles. The Kier molecular flexibility index (Phi) is 2.76. The van der Waals surface area contributed by atoms with Crippen LogP contribution in [0.2, 0.25) is 0 Å². The third kappa shape index (κ3) is 1.78. The van der Waals surface area contributed by atoms with Crippen LogP contribution in [0.25, 0.3) is 0 Å². The standard InChI is InChI=1S/C13H18N2O3/c1-2-17-13(16)10-11(14)18-12(15-10)9-6-7-3-4-8(9)5-7/h7-9H,2-6,14H2,1H3. The lowest BCUT2D eigenvalue weighted by Crippen LogP contribution is -2.10. The van der Waals surface area contributed by atoms with Crippen LogP contribution in [0.15, 0.2) is 4.42 Å². The van der Waals surface area contributed by atoms with Crippen LogP contribution in [0.5, 0.6) is 0 Å². The molecule has 0 spiro atoms. The Hall–Kier alpha value is -1.52. The van der Waals surface area contributed by atoms with E-state index >= 15 is 0 Å². The van der Waals surface area contributed by atoms with Gasteiger partial charge in [-0.1, -0.05) is 6.42 Å². The third-order valence-electron chi connectivity index (χ3n) is 4.19. The second-order valence-corrected chi connectivity index (χ2v) is 5.27. The fourth-order valence-corrected chi connectivity index (χ4v) is 3.40. The number of nitrogen functional groups attached to an aromatic ring is 1. The Morgan fingerprint density at radius 1 is 1.50 bits per heavy atom. The van der Waals surface area contributed by atoms with Gasteiger partial charge >= 0.3 is 5.97 Å². The van der Waals surface area contributed by atoms with Crippen molar-refractivity contribution in [2.75, 3.05) is 12.3 Å². The predicted molar refractivity (Wildman–Crippen MR) is 65.1 cm³/mol. The van der Waals surface area contributed by atoms with Gasteiger partial charge < -0.3 is 14.9 Å². The second-order valence-electron chi connectivity index (χ2n) is 5.27. The van der Waals surface area contributed by atoms with E-state index in [4.69, 9.17) is 14.9 Å². The van der Waals surface area contributed by atoms with Gasteiger partial charge in [0.2, 0.25) is 17.5 Å². The van der Waals surface area contributed by atoms with Crippen LogP contribution in [0.4, 0.5) is 5.88 Å². The number of hydrogen-bond acceptors (Lipinski definition) is 5. The van der Waals surface area contributed by atoms with Crippen molar-refractivity contribution in [2.45, 2.75) is 38.5 Å². The van der Waals surface area contributed by atoms with Crippen molar-refractivity contribution < 1.29 is 13.9 Å². The number of anilines is 1. The Bertz CT molecular complexity index is 469. The molecule has 3 atom stereocenters. The normalized spacial score (nSPS) is 29.7. The van der Waals surface area contributed by atoms with Crippen LogP contribution >= 0.6 is 0 Å². The first kappa shape index (κ1) is 11.6. The molecule has 2 saturated carbocycles. The number of esters is 1. The summed E-state index contributed by atoms with van der Waals surface area (Å²) in [6.45, 7) is 2.07. The molecule has 0 radical (unpaired) electrons. The van der Waals surface area contributed by atoms with Crippen molar-refractivity contribution in [3.8, 4) is 0 Å². The van der Waals surface area contributed by atoms with Gasteiger partial charge in [-0.3, -0.25) is 0 Å². The molecule has 2 N–H and O–H groups in total. The first-order chi connectivity index (χ1) is 8.69. The summed E-state index contributed by atoms with van der Waals surface area (Å²) < 4.78 is 10.4. The maximum atomic E-state index is 11.6. The molecule has 1 aromatic heterocycles. The zero-order valence-corrected chi connectivity index (χ0v) is 10.5. The summed E-state index contributed by atoms with van der Waals surface area (Å²) >= 11 is 0. The molecule has 1 aromatic rings. The fraction of sp³-hybridized carbons (Fsp3) is 0.692. The Morgan fingerprint density at radius 2 is 2.33 bits per heavy atom. The topological polar surface area (TPSA) is 78.3 Å². The number of ether oxygens (including phenoxy) is 1. The average Bonchev–Trinajstić information content (AvgIpc) is 3.02. The van der Waals surface area contributed by atoms with Crippen LogP contribution in [-0.4, -0.2) is 17.6 Å². The molecule has 2 bridgehead atoms. The lowest BCUT2D eigenvalue weighted by molar-refractivity contribution is 0.0521. The average molecular weight is 250 g/mol. The fourth-order valence-electron chi connectivity index (χ4n) is 3.40. The quantitative estimate of drug-likeness (QED) is 0.833. The molecule has 2 aliphatic carbocycles. The summed E-state index contributed by atoms with van der Waals surface area (Å²) in [6.07, 6.45) is 4.95. The molecule has 3 unspecified atom stereocenters. The molecule has 5 heteroatoms. The Balaban J connectivity index is 1.82. The minimum atomic E-state index is -0.492. The monoisotopic (exact) mass is 250 g/mol. The number of nitrogens with two attached hydrogens (primary N) is 1. The predicted octanol–water partition coefficient (Wildman–Crippen LogP) is 2.34. The van der Waals surface area contributed by atoms with Crippen LogP contribution in [-0.2, 0) is 4.74 Å². The molecule has 1 heterocycles. The number of rotatable bonds is 3. The SMILES string of the molecule is CCOC(=O)c1nc(C2CC3CCC2C3)oc1N. The van der Waals surface area contributed by atoms with E-state index in [-0.39, 0.29) is 11.6 Å². The highest BCUT2D eigenvalue weighted by Gasteiger charge is 2.43. The third-order valence-corrected chi connectivity index (χ3v) is 4.19.